The highest BCUT2D eigenvalue weighted by Crippen LogP contribution is 2.56. The van der Waals surface area contributed by atoms with Crippen LogP contribution < -0.4 is 0 Å². The summed E-state index contributed by atoms with van der Waals surface area (Å²) in [5.41, 5.74) is -5.82. The molecule has 2 rings (SSSR count). The maximum absolute atomic E-state index is 13.5. The monoisotopic (exact) mass is 480 g/mol. The molecule has 2 aliphatic carbocycles. The molecular weight excluding hydrogens is 446 g/mol. The molecule has 0 aromatic rings. The number of hydrogen-bond acceptors (Lipinski definition) is 4. The SMILES string of the molecule is CC(C)(C)OC(=O)OC(CC1CC2CCC1C2)(C(F)(F)F)C(F)(F)F.CO[Si](C)(C)C. The lowest BCUT2D eigenvalue weighted by Crippen LogP contribution is -2.61. The number of ether oxygens (including phenoxy) is 2. The Labute approximate surface area is 181 Å². The minimum Gasteiger partial charge on any atom is -0.429 e. The van der Waals surface area contributed by atoms with Gasteiger partial charge in [-0.25, -0.2) is 4.79 Å². The van der Waals surface area contributed by atoms with Gasteiger partial charge in [-0.05, 0) is 77.4 Å². The molecule has 2 aliphatic rings. The van der Waals surface area contributed by atoms with E-state index in [1.807, 2.05) is 0 Å². The summed E-state index contributed by atoms with van der Waals surface area (Å²) in [5, 5.41) is 0. The molecule has 2 saturated carbocycles. The minimum absolute atomic E-state index is 0.163. The van der Waals surface area contributed by atoms with Crippen LogP contribution in [0.1, 0.15) is 52.9 Å². The highest BCUT2D eigenvalue weighted by molar-refractivity contribution is 6.69. The molecule has 0 aromatic carbocycles. The van der Waals surface area contributed by atoms with Crippen LogP contribution >= 0.6 is 0 Å². The summed E-state index contributed by atoms with van der Waals surface area (Å²) in [6.45, 7) is 10.5. The van der Waals surface area contributed by atoms with Crippen molar-refractivity contribution in [2.24, 2.45) is 17.8 Å². The van der Waals surface area contributed by atoms with Crippen LogP contribution in [0.2, 0.25) is 19.6 Å². The van der Waals surface area contributed by atoms with Gasteiger partial charge in [0.2, 0.25) is 0 Å². The first-order valence-electron chi connectivity index (χ1n) is 10.3. The Morgan fingerprint density at radius 2 is 1.39 bits per heavy atom. The third kappa shape index (κ3) is 7.83. The first-order chi connectivity index (χ1) is 13.7. The molecule has 184 valence electrons. The fraction of sp³-hybridized carbons (Fsp3) is 0.950. The molecule has 2 bridgehead atoms. The van der Waals surface area contributed by atoms with E-state index >= 15 is 0 Å². The summed E-state index contributed by atoms with van der Waals surface area (Å²) in [4.78, 5) is 11.7. The fourth-order valence-corrected chi connectivity index (χ4v) is 3.96. The number of hydrogen-bond donors (Lipinski definition) is 0. The van der Waals surface area contributed by atoms with Gasteiger partial charge in [0.25, 0.3) is 0 Å². The number of alkyl halides is 6. The molecule has 0 amide bonds. The van der Waals surface area contributed by atoms with Crippen molar-refractivity contribution < 1.29 is 45.0 Å². The molecule has 0 N–H and O–H groups in total. The first-order valence-corrected chi connectivity index (χ1v) is 13.7. The van der Waals surface area contributed by atoms with E-state index < -0.39 is 50.4 Å². The Morgan fingerprint density at radius 3 is 1.68 bits per heavy atom. The Bertz CT molecular complexity index is 593. The first kappa shape index (κ1) is 28.1. The smallest absolute Gasteiger partial charge is 0.429 e. The molecule has 3 atom stereocenters. The number of carbonyl (C=O) groups is 1. The second-order valence-electron chi connectivity index (χ2n) is 10.3. The molecule has 4 nitrogen and oxygen atoms in total. The average Bonchev–Trinajstić information content (AvgIpc) is 3.12. The molecule has 11 heteroatoms. The Kier molecular flexibility index (Phi) is 8.59. The highest BCUT2D eigenvalue weighted by atomic mass is 28.4. The zero-order valence-corrected chi connectivity index (χ0v) is 20.2. The predicted molar refractivity (Wildman–Crippen MR) is 106 cm³/mol. The summed E-state index contributed by atoms with van der Waals surface area (Å²) < 4.78 is 94.7. The molecule has 3 unspecified atom stereocenters. The Balaban J connectivity index is 0.000000703. The van der Waals surface area contributed by atoms with Crippen molar-refractivity contribution in [3.05, 3.63) is 0 Å². The predicted octanol–water partition coefficient (Wildman–Crippen LogP) is 7.10. The van der Waals surface area contributed by atoms with E-state index in [0.29, 0.717) is 19.3 Å². The van der Waals surface area contributed by atoms with Crippen LogP contribution in [-0.4, -0.2) is 45.1 Å². The highest BCUT2D eigenvalue weighted by Gasteiger charge is 2.75. The molecule has 0 radical (unpaired) electrons. The van der Waals surface area contributed by atoms with Crippen molar-refractivity contribution in [3.63, 3.8) is 0 Å². The topological polar surface area (TPSA) is 44.8 Å². The molecule has 0 aliphatic heterocycles. The van der Waals surface area contributed by atoms with Gasteiger partial charge in [-0.1, -0.05) is 6.42 Å². The van der Waals surface area contributed by atoms with Gasteiger partial charge in [0, 0.05) is 13.5 Å². The van der Waals surface area contributed by atoms with Gasteiger partial charge in [-0.15, -0.1) is 0 Å². The van der Waals surface area contributed by atoms with Gasteiger partial charge < -0.3 is 13.9 Å². The Hall–Kier alpha value is -0.973. The standard InChI is InChI=1S/C16H22F6O3.C4H12OSi/c1-13(2,3)24-12(23)25-14(15(17,18)19,16(20,21)22)8-11-7-9-4-5-10(11)6-9;1-5-6(2,3)4/h9-11H,4-8H2,1-3H3;1-4H3. The number of rotatable bonds is 4. The van der Waals surface area contributed by atoms with Gasteiger partial charge in [-0.3, -0.25) is 0 Å². The van der Waals surface area contributed by atoms with E-state index in [-0.39, 0.29) is 11.8 Å². The molecule has 0 spiro atoms. The lowest BCUT2D eigenvalue weighted by molar-refractivity contribution is -0.374. The molecule has 31 heavy (non-hydrogen) atoms. The lowest BCUT2D eigenvalue weighted by atomic mass is 9.79. The van der Waals surface area contributed by atoms with E-state index in [1.165, 1.54) is 20.8 Å². The second-order valence-corrected chi connectivity index (χ2v) is 15.0. The van der Waals surface area contributed by atoms with Crippen molar-refractivity contribution in [2.75, 3.05) is 7.11 Å². The lowest BCUT2D eigenvalue weighted by Gasteiger charge is -2.39. The zero-order valence-electron chi connectivity index (χ0n) is 19.2. The van der Waals surface area contributed by atoms with Crippen molar-refractivity contribution in [1.82, 2.24) is 0 Å². The normalized spacial score (nSPS) is 24.5. The third-order valence-electron chi connectivity index (χ3n) is 5.61. The average molecular weight is 481 g/mol. The largest absolute Gasteiger partial charge is 0.510 e. The molecule has 0 heterocycles. The number of halogens is 6. The van der Waals surface area contributed by atoms with Crippen LogP contribution in [0.5, 0.6) is 0 Å². The third-order valence-corrected chi connectivity index (χ3v) is 6.83. The summed E-state index contributed by atoms with van der Waals surface area (Å²) in [7, 11) is 0.639. The number of carbonyl (C=O) groups excluding carboxylic acids is 1. The zero-order chi connectivity index (χ0) is 24.5. The van der Waals surface area contributed by atoms with Gasteiger partial charge in [0.1, 0.15) is 5.60 Å². The van der Waals surface area contributed by atoms with Crippen molar-refractivity contribution in [3.8, 4) is 0 Å². The van der Waals surface area contributed by atoms with Gasteiger partial charge >= 0.3 is 24.1 Å². The van der Waals surface area contributed by atoms with E-state index in [1.54, 1.807) is 7.11 Å². The van der Waals surface area contributed by atoms with E-state index in [2.05, 4.69) is 29.1 Å². The van der Waals surface area contributed by atoms with Crippen LogP contribution in [-0.2, 0) is 13.9 Å². The molecular formula is C20H34F6O4Si. The van der Waals surface area contributed by atoms with Gasteiger partial charge in [0.05, 0.1) is 0 Å². The molecule has 0 aromatic heterocycles. The fourth-order valence-electron chi connectivity index (χ4n) is 3.96. The molecule has 0 saturated heterocycles. The minimum atomic E-state index is -5.79. The van der Waals surface area contributed by atoms with Gasteiger partial charge in [0.15, 0.2) is 8.32 Å². The second kappa shape index (κ2) is 9.49. The van der Waals surface area contributed by atoms with E-state index in [9.17, 15) is 31.1 Å². The van der Waals surface area contributed by atoms with Crippen molar-refractivity contribution in [2.45, 2.75) is 96.1 Å². The summed E-state index contributed by atoms with van der Waals surface area (Å²) in [5.74, 6) is -0.795. The quantitative estimate of drug-likeness (QED) is 0.245. The van der Waals surface area contributed by atoms with E-state index in [4.69, 9.17) is 4.43 Å². The van der Waals surface area contributed by atoms with Crippen LogP contribution in [0.3, 0.4) is 0 Å². The van der Waals surface area contributed by atoms with Crippen molar-refractivity contribution >= 4 is 14.5 Å². The van der Waals surface area contributed by atoms with E-state index in [0.717, 1.165) is 6.42 Å². The maximum atomic E-state index is 13.5. The summed E-state index contributed by atoms with van der Waals surface area (Å²) in [6, 6.07) is 0. The number of fused-ring (bicyclic) bond motifs is 2. The van der Waals surface area contributed by atoms with Crippen LogP contribution in [0.4, 0.5) is 31.1 Å². The van der Waals surface area contributed by atoms with Crippen molar-refractivity contribution in [1.29, 1.82) is 0 Å². The summed E-state index contributed by atoms with van der Waals surface area (Å²) >= 11 is 0. The Morgan fingerprint density at radius 1 is 0.903 bits per heavy atom. The molecule has 2 fully saturated rings. The van der Waals surface area contributed by atoms with Gasteiger partial charge in [-0.2, -0.15) is 26.3 Å². The summed E-state index contributed by atoms with van der Waals surface area (Å²) in [6.07, 6.45) is -12.5. The van der Waals surface area contributed by atoms with Crippen LogP contribution in [0.15, 0.2) is 0 Å². The maximum Gasteiger partial charge on any atom is 0.510 e. The van der Waals surface area contributed by atoms with Crippen LogP contribution in [0, 0.1) is 17.8 Å². The van der Waals surface area contributed by atoms with Crippen LogP contribution in [0.25, 0.3) is 0 Å².